The zero-order valence-electron chi connectivity index (χ0n) is 15.0. The zero-order chi connectivity index (χ0) is 18.8. The number of halogens is 3. The van der Waals surface area contributed by atoms with Crippen LogP contribution in [0.25, 0.3) is 0 Å². The number of carbonyl (C=O) groups is 1. The topological polar surface area (TPSA) is 74.8 Å². The zero-order valence-corrected chi connectivity index (χ0v) is 15.0. The number of guanidine groups is 1. The normalized spacial score (nSPS) is 14.1. The largest absolute Gasteiger partial charge is 0.444 e. The molecule has 0 aliphatic heterocycles. The van der Waals surface area contributed by atoms with Crippen LogP contribution in [-0.4, -0.2) is 50.0 Å². The van der Waals surface area contributed by atoms with Gasteiger partial charge in [-0.2, -0.15) is 13.2 Å². The van der Waals surface area contributed by atoms with Crippen molar-refractivity contribution in [3.8, 4) is 0 Å². The van der Waals surface area contributed by atoms with Crippen LogP contribution in [0.3, 0.4) is 0 Å². The van der Waals surface area contributed by atoms with E-state index in [9.17, 15) is 18.0 Å². The average Bonchev–Trinajstić information content (AvgIpc) is 2.39. The van der Waals surface area contributed by atoms with Crippen LogP contribution in [0.2, 0.25) is 0 Å². The molecule has 1 atom stereocenters. The molecule has 0 bridgehead atoms. The van der Waals surface area contributed by atoms with Gasteiger partial charge < -0.3 is 20.7 Å². The van der Waals surface area contributed by atoms with Crippen LogP contribution in [-0.2, 0) is 4.74 Å². The molecule has 142 valence electrons. The molecule has 0 fully saturated rings. The highest BCUT2D eigenvalue weighted by atomic mass is 19.4. The van der Waals surface area contributed by atoms with Gasteiger partial charge in [-0.3, -0.25) is 4.99 Å². The van der Waals surface area contributed by atoms with Gasteiger partial charge in [0, 0.05) is 26.2 Å². The van der Waals surface area contributed by atoms with Crippen LogP contribution < -0.4 is 16.0 Å². The number of nitrogens with zero attached hydrogens (tertiary/aromatic N) is 1. The standard InChI is InChI=1S/C15H29F3N4O2/c1-6-7-11(22-13(23)24-14(2,3)4)10-21-12(19-5)20-9-8-15(16,17)18/h11H,6-10H2,1-5H3,(H,22,23)(H2,19,20,21). The van der Waals surface area contributed by atoms with Gasteiger partial charge in [-0.1, -0.05) is 13.3 Å². The van der Waals surface area contributed by atoms with E-state index in [-0.39, 0.29) is 18.5 Å². The first-order valence-electron chi connectivity index (χ1n) is 7.97. The summed E-state index contributed by atoms with van der Waals surface area (Å²) >= 11 is 0. The van der Waals surface area contributed by atoms with E-state index in [0.717, 1.165) is 6.42 Å². The summed E-state index contributed by atoms with van der Waals surface area (Å²) in [5.74, 6) is 0.256. The lowest BCUT2D eigenvalue weighted by molar-refractivity contribution is -0.132. The Balaban J connectivity index is 4.37. The van der Waals surface area contributed by atoms with E-state index in [2.05, 4.69) is 20.9 Å². The van der Waals surface area contributed by atoms with Gasteiger partial charge >= 0.3 is 12.3 Å². The van der Waals surface area contributed by atoms with Crippen LogP contribution in [0, 0.1) is 0 Å². The van der Waals surface area contributed by atoms with Gasteiger partial charge in [0.2, 0.25) is 0 Å². The Labute approximate surface area is 141 Å². The minimum atomic E-state index is -4.21. The summed E-state index contributed by atoms with van der Waals surface area (Å²) < 4.78 is 41.6. The lowest BCUT2D eigenvalue weighted by Crippen LogP contribution is -2.48. The number of hydrogen-bond acceptors (Lipinski definition) is 3. The Kier molecular flexibility index (Phi) is 9.53. The number of amides is 1. The highest BCUT2D eigenvalue weighted by molar-refractivity contribution is 5.79. The van der Waals surface area contributed by atoms with Crippen LogP contribution in [0.1, 0.15) is 47.0 Å². The highest BCUT2D eigenvalue weighted by Crippen LogP contribution is 2.18. The summed E-state index contributed by atoms with van der Waals surface area (Å²) in [5.41, 5.74) is -0.594. The number of hydrogen-bond donors (Lipinski definition) is 3. The number of aliphatic imine (C=N–C) groups is 1. The number of ether oxygens (including phenoxy) is 1. The summed E-state index contributed by atoms with van der Waals surface area (Å²) in [4.78, 5) is 15.7. The lowest BCUT2D eigenvalue weighted by Gasteiger charge is -2.24. The second kappa shape index (κ2) is 10.2. The quantitative estimate of drug-likeness (QED) is 0.485. The second-order valence-corrected chi connectivity index (χ2v) is 6.38. The van der Waals surface area contributed by atoms with E-state index in [1.165, 1.54) is 7.05 Å². The molecule has 6 nitrogen and oxygen atoms in total. The Morgan fingerprint density at radius 1 is 1.21 bits per heavy atom. The molecule has 0 aromatic rings. The third-order valence-corrected chi connectivity index (χ3v) is 2.80. The third-order valence-electron chi connectivity index (χ3n) is 2.80. The van der Waals surface area contributed by atoms with Crippen LogP contribution >= 0.6 is 0 Å². The Bertz CT molecular complexity index is 407. The molecule has 0 aliphatic rings. The van der Waals surface area contributed by atoms with E-state index in [4.69, 9.17) is 4.74 Å². The van der Waals surface area contributed by atoms with E-state index in [0.29, 0.717) is 13.0 Å². The Morgan fingerprint density at radius 3 is 2.29 bits per heavy atom. The molecule has 0 aromatic heterocycles. The van der Waals surface area contributed by atoms with Crippen LogP contribution in [0.15, 0.2) is 4.99 Å². The van der Waals surface area contributed by atoms with Crippen molar-refractivity contribution in [2.24, 2.45) is 4.99 Å². The molecule has 0 saturated carbocycles. The number of nitrogens with one attached hydrogen (secondary N) is 3. The summed E-state index contributed by atoms with van der Waals surface area (Å²) in [6, 6.07) is -0.217. The summed E-state index contributed by atoms with van der Waals surface area (Å²) in [6.45, 7) is 7.35. The van der Waals surface area contributed by atoms with Gasteiger partial charge in [0.15, 0.2) is 5.96 Å². The number of alkyl halides is 3. The molecule has 3 N–H and O–H groups in total. The van der Waals surface area contributed by atoms with Crippen LogP contribution in [0.5, 0.6) is 0 Å². The lowest BCUT2D eigenvalue weighted by atomic mass is 10.1. The number of alkyl carbamates (subject to hydrolysis) is 1. The van der Waals surface area contributed by atoms with Crippen molar-refractivity contribution >= 4 is 12.1 Å². The maximum absolute atomic E-state index is 12.1. The van der Waals surface area contributed by atoms with E-state index in [1.54, 1.807) is 20.8 Å². The fraction of sp³-hybridized carbons (Fsp3) is 0.867. The molecule has 0 spiro atoms. The van der Waals surface area contributed by atoms with E-state index in [1.807, 2.05) is 6.92 Å². The van der Waals surface area contributed by atoms with Crippen LogP contribution in [0.4, 0.5) is 18.0 Å². The molecule has 1 amide bonds. The SMILES string of the molecule is CCCC(CNC(=NC)NCCC(F)(F)F)NC(=O)OC(C)(C)C. The Morgan fingerprint density at radius 2 is 1.83 bits per heavy atom. The van der Waals surface area contributed by atoms with Gasteiger partial charge in [-0.25, -0.2) is 4.79 Å². The van der Waals surface area contributed by atoms with Crippen molar-refractivity contribution in [1.82, 2.24) is 16.0 Å². The molecule has 1 unspecified atom stereocenters. The van der Waals surface area contributed by atoms with Crippen molar-refractivity contribution in [1.29, 1.82) is 0 Å². The highest BCUT2D eigenvalue weighted by Gasteiger charge is 2.26. The van der Waals surface area contributed by atoms with Crippen molar-refractivity contribution in [3.05, 3.63) is 0 Å². The summed E-state index contributed by atoms with van der Waals surface area (Å²) in [7, 11) is 1.47. The van der Waals surface area contributed by atoms with E-state index >= 15 is 0 Å². The third kappa shape index (κ3) is 12.8. The molecule has 0 aromatic carbocycles. The van der Waals surface area contributed by atoms with Crippen molar-refractivity contribution in [2.45, 2.75) is 64.8 Å². The molecule has 24 heavy (non-hydrogen) atoms. The molecular formula is C15H29F3N4O2. The minimum absolute atomic E-state index is 0.217. The molecule has 9 heteroatoms. The number of carbonyl (C=O) groups excluding carboxylic acids is 1. The van der Waals surface area contributed by atoms with Gasteiger partial charge in [0.25, 0.3) is 0 Å². The number of rotatable bonds is 7. The molecule has 0 saturated heterocycles. The smallest absolute Gasteiger partial charge is 0.407 e. The van der Waals surface area contributed by atoms with Crippen molar-refractivity contribution in [3.63, 3.8) is 0 Å². The molecule has 0 heterocycles. The minimum Gasteiger partial charge on any atom is -0.444 e. The van der Waals surface area contributed by atoms with Gasteiger partial charge in [-0.15, -0.1) is 0 Å². The predicted octanol–water partition coefficient (Wildman–Crippen LogP) is 2.80. The fourth-order valence-electron chi connectivity index (χ4n) is 1.81. The first-order chi connectivity index (χ1) is 11.0. The maximum Gasteiger partial charge on any atom is 0.407 e. The summed E-state index contributed by atoms with van der Waals surface area (Å²) in [5, 5.41) is 8.25. The van der Waals surface area contributed by atoms with Gasteiger partial charge in [0.1, 0.15) is 5.60 Å². The molecule has 0 radical (unpaired) electrons. The first kappa shape index (κ1) is 22.3. The van der Waals surface area contributed by atoms with E-state index < -0.39 is 24.3 Å². The van der Waals surface area contributed by atoms with Gasteiger partial charge in [0.05, 0.1) is 6.42 Å². The maximum atomic E-state index is 12.1. The monoisotopic (exact) mass is 354 g/mol. The summed E-state index contributed by atoms with van der Waals surface area (Å²) in [6.07, 6.45) is -4.15. The molecule has 0 rings (SSSR count). The second-order valence-electron chi connectivity index (χ2n) is 6.38. The molecular weight excluding hydrogens is 325 g/mol. The fourth-order valence-corrected chi connectivity index (χ4v) is 1.81. The van der Waals surface area contributed by atoms with Gasteiger partial charge in [-0.05, 0) is 27.2 Å². The molecule has 0 aliphatic carbocycles. The first-order valence-corrected chi connectivity index (χ1v) is 7.97. The Hall–Kier alpha value is -1.67. The predicted molar refractivity (Wildman–Crippen MR) is 88.1 cm³/mol. The average molecular weight is 354 g/mol. The van der Waals surface area contributed by atoms with Crippen molar-refractivity contribution < 1.29 is 22.7 Å². The van der Waals surface area contributed by atoms with Crippen molar-refractivity contribution in [2.75, 3.05) is 20.1 Å².